The van der Waals surface area contributed by atoms with Crippen molar-refractivity contribution in [1.29, 1.82) is 0 Å². The van der Waals surface area contributed by atoms with Gasteiger partial charge in [0.1, 0.15) is 0 Å². The largest absolute Gasteiger partial charge is 0.325 e. The van der Waals surface area contributed by atoms with Crippen LogP contribution in [-0.4, -0.2) is 5.54 Å². The number of hydrogen-bond donors (Lipinski definition) is 1. The molecule has 0 spiro atoms. The topological polar surface area (TPSA) is 26.0 Å². The van der Waals surface area contributed by atoms with Crippen molar-refractivity contribution in [3.8, 4) is 0 Å². The van der Waals surface area contributed by atoms with Crippen molar-refractivity contribution in [2.45, 2.75) is 45.1 Å². The van der Waals surface area contributed by atoms with E-state index in [1.807, 2.05) is 0 Å². The van der Waals surface area contributed by atoms with Gasteiger partial charge in [0.2, 0.25) is 0 Å². The fourth-order valence-corrected chi connectivity index (χ4v) is 1.85. The molecular formula is C8H18FN. The van der Waals surface area contributed by atoms with Crippen LogP contribution in [0.25, 0.3) is 0 Å². The molecule has 1 aliphatic carbocycles. The maximum Gasteiger partial charge on any atom is 0.0128 e. The molecule has 10 heavy (non-hydrogen) atoms. The maximum atomic E-state index is 5.97. The first kappa shape index (κ1) is 9.89. The van der Waals surface area contributed by atoms with E-state index in [2.05, 4.69) is 13.8 Å². The smallest absolute Gasteiger partial charge is 0.0128 e. The minimum atomic E-state index is 0. The number of nitrogens with two attached hydrogens (primary N) is 1. The summed E-state index contributed by atoms with van der Waals surface area (Å²) in [6.07, 6.45) is 5.14. The molecule has 0 heterocycles. The minimum absolute atomic E-state index is 0. The van der Waals surface area contributed by atoms with Gasteiger partial charge in [0.15, 0.2) is 0 Å². The molecule has 2 heteroatoms. The first-order valence-corrected chi connectivity index (χ1v) is 3.89. The summed E-state index contributed by atoms with van der Waals surface area (Å²) in [6, 6.07) is 0. The lowest BCUT2D eigenvalue weighted by Gasteiger charge is -2.33. The third kappa shape index (κ3) is 2.65. The van der Waals surface area contributed by atoms with Gasteiger partial charge in [-0.25, -0.2) is 0 Å². The van der Waals surface area contributed by atoms with Crippen LogP contribution < -0.4 is 5.73 Å². The van der Waals surface area contributed by atoms with E-state index in [0.717, 1.165) is 5.92 Å². The summed E-state index contributed by atoms with van der Waals surface area (Å²) in [5, 5.41) is 0. The Morgan fingerprint density at radius 1 is 1.50 bits per heavy atom. The highest BCUT2D eigenvalue weighted by molar-refractivity contribution is 4.84. The molecular weight excluding hydrogens is 129 g/mol. The number of halogens is 1. The third-order valence-corrected chi connectivity index (χ3v) is 2.26. The van der Waals surface area contributed by atoms with E-state index in [4.69, 9.17) is 5.73 Å². The highest BCUT2D eigenvalue weighted by atomic mass is 19.0. The Balaban J connectivity index is 0.000000810. The molecule has 2 unspecified atom stereocenters. The molecule has 0 aromatic rings. The molecule has 1 fully saturated rings. The molecule has 1 rings (SSSR count). The summed E-state index contributed by atoms with van der Waals surface area (Å²) in [4.78, 5) is 0. The van der Waals surface area contributed by atoms with Crippen LogP contribution in [0.4, 0.5) is 4.70 Å². The van der Waals surface area contributed by atoms with Crippen LogP contribution in [0.5, 0.6) is 0 Å². The highest BCUT2D eigenvalue weighted by Crippen LogP contribution is 2.29. The van der Waals surface area contributed by atoms with E-state index < -0.39 is 0 Å². The Kier molecular flexibility index (Phi) is 3.29. The van der Waals surface area contributed by atoms with Crippen LogP contribution >= 0.6 is 0 Å². The van der Waals surface area contributed by atoms with E-state index in [1.165, 1.54) is 25.7 Å². The lowest BCUT2D eigenvalue weighted by atomic mass is 9.78. The van der Waals surface area contributed by atoms with E-state index in [1.54, 1.807) is 0 Å². The summed E-state index contributed by atoms with van der Waals surface area (Å²) < 4.78 is 0. The van der Waals surface area contributed by atoms with Gasteiger partial charge in [-0.2, -0.15) is 0 Å². The summed E-state index contributed by atoms with van der Waals surface area (Å²) >= 11 is 0. The third-order valence-electron chi connectivity index (χ3n) is 2.26. The molecule has 0 saturated heterocycles. The molecule has 0 aromatic carbocycles. The summed E-state index contributed by atoms with van der Waals surface area (Å²) in [6.45, 7) is 4.47. The second-order valence-corrected chi connectivity index (χ2v) is 3.86. The molecule has 0 amide bonds. The molecule has 2 N–H and O–H groups in total. The molecule has 0 bridgehead atoms. The maximum absolute atomic E-state index is 5.97. The van der Waals surface area contributed by atoms with E-state index >= 15 is 0 Å². The molecule has 62 valence electrons. The Labute approximate surface area is 62.4 Å². The molecule has 1 nitrogen and oxygen atoms in total. The second kappa shape index (κ2) is 3.33. The molecule has 0 radical (unpaired) electrons. The van der Waals surface area contributed by atoms with Gasteiger partial charge in [0.05, 0.1) is 0 Å². The summed E-state index contributed by atoms with van der Waals surface area (Å²) in [5.74, 6) is 0.855. The van der Waals surface area contributed by atoms with Crippen molar-refractivity contribution in [1.82, 2.24) is 0 Å². The van der Waals surface area contributed by atoms with Crippen LogP contribution in [0.15, 0.2) is 0 Å². The first-order chi connectivity index (χ1) is 4.10. The fourth-order valence-electron chi connectivity index (χ4n) is 1.85. The van der Waals surface area contributed by atoms with Gasteiger partial charge >= 0.3 is 0 Å². The quantitative estimate of drug-likeness (QED) is 0.557. The predicted octanol–water partition coefficient (Wildman–Crippen LogP) is 2.07. The van der Waals surface area contributed by atoms with Crippen molar-refractivity contribution in [2.75, 3.05) is 0 Å². The molecule has 1 aliphatic rings. The van der Waals surface area contributed by atoms with Gasteiger partial charge in [0, 0.05) is 5.54 Å². The molecule has 1 saturated carbocycles. The zero-order valence-corrected chi connectivity index (χ0v) is 6.89. The van der Waals surface area contributed by atoms with E-state index in [-0.39, 0.29) is 10.2 Å². The predicted molar refractivity (Wildman–Crippen MR) is 42.7 cm³/mol. The first-order valence-electron chi connectivity index (χ1n) is 3.89. The number of hydrogen-bond acceptors (Lipinski definition) is 1. The van der Waals surface area contributed by atoms with E-state index in [0.29, 0.717) is 0 Å². The molecule has 0 aliphatic heterocycles. The van der Waals surface area contributed by atoms with Crippen molar-refractivity contribution >= 4 is 0 Å². The van der Waals surface area contributed by atoms with Gasteiger partial charge in [-0.05, 0) is 25.7 Å². The Bertz CT molecular complexity index is 101. The SMILES string of the molecule is CC1CCCC(C)(N)C1.F. The average Bonchev–Trinajstić information content (AvgIpc) is 1.60. The van der Waals surface area contributed by atoms with Crippen LogP contribution in [0, 0.1) is 5.92 Å². The Morgan fingerprint density at radius 2 is 2.10 bits per heavy atom. The average molecular weight is 147 g/mol. The zero-order chi connectivity index (χ0) is 6.91. The Morgan fingerprint density at radius 3 is 2.40 bits per heavy atom. The van der Waals surface area contributed by atoms with Crippen LogP contribution in [0.1, 0.15) is 39.5 Å². The second-order valence-electron chi connectivity index (χ2n) is 3.86. The minimum Gasteiger partial charge on any atom is -0.325 e. The summed E-state index contributed by atoms with van der Waals surface area (Å²) in [7, 11) is 0. The van der Waals surface area contributed by atoms with E-state index in [9.17, 15) is 0 Å². The lowest BCUT2D eigenvalue weighted by Crippen LogP contribution is -2.40. The van der Waals surface area contributed by atoms with Crippen LogP contribution in [0.2, 0.25) is 0 Å². The van der Waals surface area contributed by atoms with Gasteiger partial charge in [-0.15, -0.1) is 0 Å². The monoisotopic (exact) mass is 147 g/mol. The van der Waals surface area contributed by atoms with Gasteiger partial charge in [-0.1, -0.05) is 19.8 Å². The van der Waals surface area contributed by atoms with Crippen molar-refractivity contribution in [2.24, 2.45) is 11.7 Å². The number of rotatable bonds is 0. The van der Waals surface area contributed by atoms with Crippen molar-refractivity contribution < 1.29 is 4.70 Å². The van der Waals surface area contributed by atoms with Crippen molar-refractivity contribution in [3.63, 3.8) is 0 Å². The Hall–Kier alpha value is -0.110. The van der Waals surface area contributed by atoms with Crippen LogP contribution in [-0.2, 0) is 0 Å². The van der Waals surface area contributed by atoms with Crippen molar-refractivity contribution in [3.05, 3.63) is 0 Å². The fraction of sp³-hybridized carbons (Fsp3) is 1.00. The van der Waals surface area contributed by atoms with Gasteiger partial charge in [0.25, 0.3) is 0 Å². The lowest BCUT2D eigenvalue weighted by molar-refractivity contribution is 0.256. The van der Waals surface area contributed by atoms with Crippen LogP contribution in [0.3, 0.4) is 0 Å². The summed E-state index contributed by atoms with van der Waals surface area (Å²) in [5.41, 5.74) is 6.12. The zero-order valence-electron chi connectivity index (χ0n) is 6.89. The normalized spacial score (nSPS) is 40.5. The van der Waals surface area contributed by atoms with Gasteiger partial charge < -0.3 is 5.73 Å². The molecule has 0 aromatic heterocycles. The van der Waals surface area contributed by atoms with Gasteiger partial charge in [-0.3, -0.25) is 4.70 Å². The standard InChI is InChI=1S/C8H17N.FH/c1-7-4-3-5-8(2,9)6-7;/h7H,3-6,9H2,1-2H3;1H. The highest BCUT2D eigenvalue weighted by Gasteiger charge is 2.25. The molecule has 2 atom stereocenters.